The van der Waals surface area contributed by atoms with Crippen LogP contribution in [0.2, 0.25) is 0 Å². The molecule has 0 rings (SSSR count). The summed E-state index contributed by atoms with van der Waals surface area (Å²) >= 11 is 0. The molecule has 0 aromatic carbocycles. The number of nitrogens with two attached hydrogens (primary N) is 1. The van der Waals surface area contributed by atoms with E-state index in [1.165, 1.54) is 0 Å². The van der Waals surface area contributed by atoms with Crippen molar-refractivity contribution in [2.75, 3.05) is 0 Å². The third kappa shape index (κ3) is 6.31. The third-order valence-corrected chi connectivity index (χ3v) is 2.13. The van der Waals surface area contributed by atoms with Crippen molar-refractivity contribution in [3.8, 4) is 0 Å². The first kappa shape index (κ1) is 17.3. The molecule has 0 aliphatic carbocycles. The minimum atomic E-state index is -5.63. The van der Waals surface area contributed by atoms with E-state index in [0.29, 0.717) is 0 Å². The number of rotatable bonds is 4. The van der Waals surface area contributed by atoms with E-state index in [2.05, 4.69) is 0 Å². The lowest BCUT2D eigenvalue weighted by molar-refractivity contribution is -0.289. The Bertz CT molecular complexity index is 237. The minimum absolute atomic E-state index is 0.882. The summed E-state index contributed by atoms with van der Waals surface area (Å²) in [7, 11) is 0. The maximum Gasteiger partial charge on any atom is 0.401 e. The highest BCUT2D eigenvalue weighted by atomic mass is 19.4. The van der Waals surface area contributed by atoms with Gasteiger partial charge in [0.25, 0.3) is 0 Å². The quantitative estimate of drug-likeness (QED) is 0.784. The van der Waals surface area contributed by atoms with E-state index < -0.39 is 49.8 Å². The molecule has 1 atom stereocenters. The van der Waals surface area contributed by atoms with Crippen LogP contribution in [0, 0.1) is 5.92 Å². The molecule has 10 heteroatoms. The molecule has 0 heterocycles. The van der Waals surface area contributed by atoms with Crippen molar-refractivity contribution in [3.05, 3.63) is 0 Å². The molecule has 1 nitrogen and oxygen atoms in total. The van der Waals surface area contributed by atoms with Gasteiger partial charge in [-0.3, -0.25) is 0 Å². The van der Waals surface area contributed by atoms with E-state index in [1.54, 1.807) is 0 Å². The topological polar surface area (TPSA) is 26.0 Å². The van der Waals surface area contributed by atoms with Crippen molar-refractivity contribution >= 4 is 0 Å². The molecule has 0 bridgehead atoms. The molecule has 110 valence electrons. The molecular weight excluding hydrogens is 281 g/mol. The maximum absolute atomic E-state index is 12.1. The highest BCUT2D eigenvalue weighted by molar-refractivity contribution is 4.85. The average molecular weight is 291 g/mol. The first-order valence-corrected chi connectivity index (χ1v) is 4.71. The summed E-state index contributed by atoms with van der Waals surface area (Å²) in [6.07, 6.45) is -19.3. The number of alkyl halides is 9. The van der Waals surface area contributed by atoms with Gasteiger partial charge in [0.2, 0.25) is 0 Å². The predicted octanol–water partition coefficient (Wildman–Crippen LogP) is 3.79. The van der Waals surface area contributed by atoms with E-state index >= 15 is 0 Å². The van der Waals surface area contributed by atoms with Gasteiger partial charge in [0.05, 0.1) is 0 Å². The molecule has 2 N–H and O–H groups in total. The van der Waals surface area contributed by atoms with Crippen LogP contribution in [0.4, 0.5) is 39.5 Å². The van der Waals surface area contributed by atoms with Gasteiger partial charge in [-0.2, -0.15) is 39.5 Å². The van der Waals surface area contributed by atoms with Crippen LogP contribution in [-0.4, -0.2) is 24.6 Å². The molecule has 0 aliphatic rings. The van der Waals surface area contributed by atoms with Gasteiger partial charge < -0.3 is 5.73 Å². The van der Waals surface area contributed by atoms with E-state index in [0.717, 1.165) is 0 Å². The van der Waals surface area contributed by atoms with Crippen LogP contribution in [0.5, 0.6) is 0 Å². The molecule has 0 aromatic heterocycles. The molecule has 0 spiro atoms. The first-order chi connectivity index (χ1) is 7.75. The van der Waals surface area contributed by atoms with Crippen molar-refractivity contribution in [3.63, 3.8) is 0 Å². The zero-order valence-corrected chi connectivity index (χ0v) is 8.76. The molecule has 0 amide bonds. The Hall–Kier alpha value is -0.670. The fourth-order valence-corrected chi connectivity index (χ4v) is 1.38. The standard InChI is InChI=1S/C8H10F9N/c9-6(10,11)3-1-2-4(18)5(7(12,13)14)8(15,16)17/h4-5H,1-3,18H2. The molecular formula is C8H10F9N. The van der Waals surface area contributed by atoms with Crippen molar-refractivity contribution in [2.45, 2.75) is 43.8 Å². The number of halogens is 9. The summed E-state index contributed by atoms with van der Waals surface area (Å²) in [5.74, 6) is -3.81. The van der Waals surface area contributed by atoms with Gasteiger partial charge >= 0.3 is 18.5 Å². The van der Waals surface area contributed by atoms with E-state index in [-0.39, 0.29) is 0 Å². The lowest BCUT2D eigenvalue weighted by Gasteiger charge is -2.28. The summed E-state index contributed by atoms with van der Waals surface area (Å²) in [4.78, 5) is 0. The second kappa shape index (κ2) is 5.54. The zero-order valence-electron chi connectivity index (χ0n) is 8.76. The Kier molecular flexibility index (Phi) is 5.33. The van der Waals surface area contributed by atoms with Crippen LogP contribution < -0.4 is 5.73 Å². The lowest BCUT2D eigenvalue weighted by atomic mass is 9.94. The molecule has 1 unspecified atom stereocenters. The third-order valence-electron chi connectivity index (χ3n) is 2.13. The van der Waals surface area contributed by atoms with Gasteiger partial charge in [0, 0.05) is 12.5 Å². The highest BCUT2D eigenvalue weighted by Gasteiger charge is 2.59. The van der Waals surface area contributed by atoms with Gasteiger partial charge in [-0.05, 0) is 12.8 Å². The van der Waals surface area contributed by atoms with E-state index in [9.17, 15) is 39.5 Å². The maximum atomic E-state index is 12.1. The molecule has 0 radical (unpaired) electrons. The summed E-state index contributed by atoms with van der Waals surface area (Å²) in [5, 5.41) is 0. The Morgan fingerprint density at radius 1 is 0.778 bits per heavy atom. The van der Waals surface area contributed by atoms with E-state index in [4.69, 9.17) is 5.73 Å². The Morgan fingerprint density at radius 3 is 1.44 bits per heavy atom. The van der Waals surface area contributed by atoms with Gasteiger partial charge in [0.15, 0.2) is 5.92 Å². The molecule has 0 saturated heterocycles. The largest absolute Gasteiger partial charge is 0.401 e. The Morgan fingerprint density at radius 2 is 1.17 bits per heavy atom. The SMILES string of the molecule is NC(CCCC(F)(F)F)C(C(F)(F)F)C(F)(F)F. The van der Waals surface area contributed by atoms with Crippen LogP contribution >= 0.6 is 0 Å². The second-order valence-corrected chi connectivity index (χ2v) is 3.73. The van der Waals surface area contributed by atoms with Gasteiger partial charge in [-0.15, -0.1) is 0 Å². The Labute approximate surface area is 96.1 Å². The van der Waals surface area contributed by atoms with Crippen molar-refractivity contribution in [1.82, 2.24) is 0 Å². The van der Waals surface area contributed by atoms with Crippen molar-refractivity contribution in [2.24, 2.45) is 11.7 Å². The zero-order chi connectivity index (χ0) is 14.8. The van der Waals surface area contributed by atoms with E-state index in [1.807, 2.05) is 0 Å². The summed E-state index contributed by atoms with van der Waals surface area (Å²) in [6.45, 7) is 0. The molecule has 0 aliphatic heterocycles. The fraction of sp³-hybridized carbons (Fsp3) is 1.00. The van der Waals surface area contributed by atoms with Crippen LogP contribution in [0.15, 0.2) is 0 Å². The van der Waals surface area contributed by atoms with Crippen LogP contribution in [0.3, 0.4) is 0 Å². The lowest BCUT2D eigenvalue weighted by Crippen LogP contribution is -2.48. The van der Waals surface area contributed by atoms with Gasteiger partial charge in [-0.1, -0.05) is 0 Å². The van der Waals surface area contributed by atoms with Crippen molar-refractivity contribution < 1.29 is 39.5 Å². The van der Waals surface area contributed by atoms with Crippen LogP contribution in [0.1, 0.15) is 19.3 Å². The van der Waals surface area contributed by atoms with Gasteiger partial charge in [-0.25, -0.2) is 0 Å². The minimum Gasteiger partial charge on any atom is -0.327 e. The highest BCUT2D eigenvalue weighted by Crippen LogP contribution is 2.42. The molecule has 0 aromatic rings. The normalized spacial score (nSPS) is 16.2. The van der Waals surface area contributed by atoms with Crippen LogP contribution in [0.25, 0.3) is 0 Å². The predicted molar refractivity (Wildman–Crippen MR) is 43.5 cm³/mol. The van der Waals surface area contributed by atoms with Gasteiger partial charge in [0.1, 0.15) is 0 Å². The Balaban J connectivity index is 4.56. The number of hydrogen-bond acceptors (Lipinski definition) is 1. The first-order valence-electron chi connectivity index (χ1n) is 4.71. The second-order valence-electron chi connectivity index (χ2n) is 3.73. The van der Waals surface area contributed by atoms with Crippen molar-refractivity contribution in [1.29, 1.82) is 0 Å². The average Bonchev–Trinajstić information content (AvgIpc) is 1.93. The smallest absolute Gasteiger partial charge is 0.327 e. The van der Waals surface area contributed by atoms with Crippen LogP contribution in [-0.2, 0) is 0 Å². The monoisotopic (exact) mass is 291 g/mol. The molecule has 18 heavy (non-hydrogen) atoms. The molecule has 0 fully saturated rings. The summed E-state index contributed by atoms with van der Waals surface area (Å²) in [6, 6.07) is -2.44. The summed E-state index contributed by atoms with van der Waals surface area (Å²) < 4.78 is 108. The fourth-order valence-electron chi connectivity index (χ4n) is 1.38. The summed E-state index contributed by atoms with van der Waals surface area (Å²) in [5.41, 5.74) is 4.71. The molecule has 0 saturated carbocycles. The number of hydrogen-bond donors (Lipinski definition) is 1.